The highest BCUT2D eigenvalue weighted by Gasteiger charge is 2.32. The molecule has 0 radical (unpaired) electrons. The summed E-state index contributed by atoms with van der Waals surface area (Å²) < 4.78 is 9.05. The number of aromatic amines is 2. The van der Waals surface area contributed by atoms with Crippen molar-refractivity contribution in [3.05, 3.63) is 126 Å². The molecular formula is C29H27BrN4O4. The molecule has 3 N–H and O–H groups in total. The summed E-state index contributed by atoms with van der Waals surface area (Å²) in [5.74, 6) is -0.544. The van der Waals surface area contributed by atoms with Crippen molar-refractivity contribution in [1.82, 2.24) is 19.6 Å². The third-order valence-electron chi connectivity index (χ3n) is 6.52. The molecule has 0 aliphatic carbocycles. The number of benzene rings is 3. The monoisotopic (exact) mass is 574 g/mol. The van der Waals surface area contributed by atoms with E-state index in [1.807, 2.05) is 81.4 Å². The van der Waals surface area contributed by atoms with E-state index >= 15 is 0 Å². The summed E-state index contributed by atoms with van der Waals surface area (Å²) in [5, 5.41) is 17.0. The number of para-hydroxylation sites is 2. The first kappa shape index (κ1) is 25.4. The Hall–Kier alpha value is -4.24. The molecule has 5 aromatic rings. The molecule has 0 saturated carbocycles. The fourth-order valence-corrected chi connectivity index (χ4v) is 5.28. The summed E-state index contributed by atoms with van der Waals surface area (Å²) >= 11 is 3.43. The zero-order valence-corrected chi connectivity index (χ0v) is 22.7. The summed E-state index contributed by atoms with van der Waals surface area (Å²) in [4.78, 5) is 27.9. The Labute approximate surface area is 227 Å². The number of aromatic nitrogens is 4. The van der Waals surface area contributed by atoms with E-state index in [4.69, 9.17) is 4.74 Å². The Bertz CT molecular complexity index is 1620. The third-order valence-corrected chi connectivity index (χ3v) is 7.13. The summed E-state index contributed by atoms with van der Waals surface area (Å²) in [6.07, 6.45) is 0. The number of H-pyrrole nitrogens is 2. The van der Waals surface area contributed by atoms with E-state index in [2.05, 4.69) is 26.1 Å². The number of aromatic hydroxyl groups is 1. The van der Waals surface area contributed by atoms with Crippen molar-refractivity contribution in [3.8, 4) is 22.9 Å². The molecule has 38 heavy (non-hydrogen) atoms. The molecule has 2 heterocycles. The van der Waals surface area contributed by atoms with E-state index < -0.39 is 5.92 Å². The quantitative estimate of drug-likeness (QED) is 0.245. The van der Waals surface area contributed by atoms with Gasteiger partial charge in [0.1, 0.15) is 0 Å². The first-order chi connectivity index (χ1) is 18.3. The van der Waals surface area contributed by atoms with Crippen LogP contribution in [0.4, 0.5) is 0 Å². The van der Waals surface area contributed by atoms with Crippen LogP contribution < -0.4 is 15.9 Å². The molecule has 0 saturated heterocycles. The number of hydrogen-bond acceptors (Lipinski definition) is 4. The number of phenols is 1. The molecule has 2 aromatic heterocycles. The first-order valence-electron chi connectivity index (χ1n) is 12.2. The van der Waals surface area contributed by atoms with Crippen molar-refractivity contribution in [3.63, 3.8) is 0 Å². The van der Waals surface area contributed by atoms with Gasteiger partial charge in [0.05, 0.1) is 33.6 Å². The van der Waals surface area contributed by atoms with Crippen LogP contribution in [0.3, 0.4) is 0 Å². The summed E-state index contributed by atoms with van der Waals surface area (Å²) in [6, 6.07) is 21.9. The third kappa shape index (κ3) is 4.39. The number of rotatable bonds is 7. The molecule has 9 heteroatoms. The number of ether oxygens (including phenoxy) is 1. The van der Waals surface area contributed by atoms with E-state index in [-0.39, 0.29) is 22.6 Å². The average molecular weight is 575 g/mol. The lowest BCUT2D eigenvalue weighted by molar-refractivity contribution is 0.317. The van der Waals surface area contributed by atoms with Crippen molar-refractivity contribution < 1.29 is 9.84 Å². The molecule has 0 aliphatic rings. The van der Waals surface area contributed by atoms with Gasteiger partial charge in [-0.15, -0.1) is 0 Å². The highest BCUT2D eigenvalue weighted by Crippen LogP contribution is 2.41. The minimum atomic E-state index is -0.756. The molecule has 0 spiro atoms. The van der Waals surface area contributed by atoms with Crippen LogP contribution in [0.15, 0.2) is 86.9 Å². The van der Waals surface area contributed by atoms with Gasteiger partial charge >= 0.3 is 0 Å². The first-order valence-corrected chi connectivity index (χ1v) is 13.0. The van der Waals surface area contributed by atoms with Gasteiger partial charge in [0.15, 0.2) is 11.5 Å². The standard InChI is InChI=1S/C29H27BrN4O4/c1-4-38-23-16-19(15-22(30)27(23)35)26(24-17(2)31-33(28(24)36)20-11-7-5-8-12-20)25-18(3)32-34(29(25)37)21-13-9-6-10-14-21/h5-16,26,31-32,35H,4H2,1-3H3. The lowest BCUT2D eigenvalue weighted by Gasteiger charge is -2.18. The van der Waals surface area contributed by atoms with Gasteiger partial charge in [0.25, 0.3) is 11.1 Å². The Kier molecular flexibility index (Phi) is 6.86. The molecule has 0 fully saturated rings. The largest absolute Gasteiger partial charge is 0.503 e. The van der Waals surface area contributed by atoms with Gasteiger partial charge in [0, 0.05) is 17.3 Å². The van der Waals surface area contributed by atoms with E-state index in [1.165, 1.54) is 9.36 Å². The molecular weight excluding hydrogens is 548 g/mol. The zero-order chi connectivity index (χ0) is 27.0. The van der Waals surface area contributed by atoms with Gasteiger partial charge in [-0.3, -0.25) is 19.8 Å². The van der Waals surface area contributed by atoms with Crippen molar-refractivity contribution in [2.24, 2.45) is 0 Å². The summed E-state index contributed by atoms with van der Waals surface area (Å²) in [5.41, 5.74) is 3.53. The molecule has 5 rings (SSSR count). The van der Waals surface area contributed by atoms with Crippen LogP contribution in [0.2, 0.25) is 0 Å². The highest BCUT2D eigenvalue weighted by atomic mass is 79.9. The summed E-state index contributed by atoms with van der Waals surface area (Å²) in [7, 11) is 0. The predicted octanol–water partition coefficient (Wildman–Crippen LogP) is 5.31. The normalized spacial score (nSPS) is 11.3. The van der Waals surface area contributed by atoms with Gasteiger partial charge in [-0.2, -0.15) is 0 Å². The van der Waals surface area contributed by atoms with Crippen LogP contribution in [0.25, 0.3) is 11.4 Å². The molecule has 0 unspecified atom stereocenters. The molecule has 0 atom stereocenters. The Balaban J connectivity index is 1.81. The second kappa shape index (κ2) is 10.3. The van der Waals surface area contributed by atoms with Crippen molar-refractivity contribution in [2.75, 3.05) is 6.61 Å². The SMILES string of the molecule is CCOc1cc(C(c2c(C)[nH]n(-c3ccccc3)c2=O)c2c(C)[nH]n(-c3ccccc3)c2=O)cc(Br)c1O. The number of hydrogen-bond donors (Lipinski definition) is 3. The van der Waals surface area contributed by atoms with Gasteiger partial charge in [0.2, 0.25) is 0 Å². The van der Waals surface area contributed by atoms with E-state index in [0.29, 0.717) is 50.5 Å². The lowest BCUT2D eigenvalue weighted by atomic mass is 9.85. The zero-order valence-electron chi connectivity index (χ0n) is 21.2. The van der Waals surface area contributed by atoms with Crippen LogP contribution in [-0.2, 0) is 0 Å². The van der Waals surface area contributed by atoms with Gasteiger partial charge < -0.3 is 9.84 Å². The molecule has 0 aliphatic heterocycles. The second-order valence-electron chi connectivity index (χ2n) is 8.97. The number of phenolic OH excluding ortho intramolecular Hbond substituents is 1. The van der Waals surface area contributed by atoms with Crippen molar-refractivity contribution in [1.29, 1.82) is 0 Å². The van der Waals surface area contributed by atoms with Gasteiger partial charge in [-0.05, 0) is 78.7 Å². The molecule has 194 valence electrons. The van der Waals surface area contributed by atoms with E-state index in [9.17, 15) is 14.7 Å². The number of aryl methyl sites for hydroxylation is 2. The lowest BCUT2D eigenvalue weighted by Crippen LogP contribution is -2.25. The predicted molar refractivity (Wildman–Crippen MR) is 150 cm³/mol. The van der Waals surface area contributed by atoms with Crippen LogP contribution in [0.5, 0.6) is 11.5 Å². The van der Waals surface area contributed by atoms with Crippen molar-refractivity contribution in [2.45, 2.75) is 26.7 Å². The maximum absolute atomic E-state index is 14.0. The molecule has 0 bridgehead atoms. The molecule has 8 nitrogen and oxygen atoms in total. The topological polar surface area (TPSA) is 105 Å². The summed E-state index contributed by atoms with van der Waals surface area (Å²) in [6.45, 7) is 5.79. The van der Waals surface area contributed by atoms with E-state index in [0.717, 1.165) is 0 Å². The maximum Gasteiger partial charge on any atom is 0.275 e. The Morgan fingerprint density at radius 2 is 1.32 bits per heavy atom. The van der Waals surface area contributed by atoms with Crippen molar-refractivity contribution >= 4 is 15.9 Å². The second-order valence-corrected chi connectivity index (χ2v) is 9.82. The fraction of sp³-hybridized carbons (Fsp3) is 0.172. The maximum atomic E-state index is 14.0. The van der Waals surface area contributed by atoms with E-state index in [1.54, 1.807) is 12.1 Å². The van der Waals surface area contributed by atoms with Gasteiger partial charge in [-0.25, -0.2) is 9.36 Å². The molecule has 3 aromatic carbocycles. The average Bonchev–Trinajstić information content (AvgIpc) is 3.38. The highest BCUT2D eigenvalue weighted by molar-refractivity contribution is 9.10. The van der Waals surface area contributed by atoms with Gasteiger partial charge in [-0.1, -0.05) is 36.4 Å². The number of nitrogens with zero attached hydrogens (tertiary/aromatic N) is 2. The number of halogens is 1. The minimum absolute atomic E-state index is 0.0469. The molecule has 0 amide bonds. The van der Waals surface area contributed by atoms with Crippen LogP contribution in [0, 0.1) is 13.8 Å². The fourth-order valence-electron chi connectivity index (χ4n) is 4.82. The van der Waals surface area contributed by atoms with Crippen LogP contribution in [0.1, 0.15) is 40.9 Å². The van der Waals surface area contributed by atoms with Crippen LogP contribution in [-0.4, -0.2) is 31.3 Å². The Morgan fingerprint density at radius 3 is 1.76 bits per heavy atom. The minimum Gasteiger partial charge on any atom is -0.503 e. The number of nitrogens with one attached hydrogen (secondary N) is 2. The van der Waals surface area contributed by atoms with Crippen LogP contribution >= 0.6 is 15.9 Å². The Morgan fingerprint density at radius 1 is 0.842 bits per heavy atom. The smallest absolute Gasteiger partial charge is 0.275 e.